The Morgan fingerprint density at radius 2 is 2.21 bits per heavy atom. The minimum atomic E-state index is -0.353. The molecule has 0 saturated heterocycles. The Hall–Kier alpha value is -2.21. The number of rotatable bonds is 2. The van der Waals surface area contributed by atoms with Gasteiger partial charge in [0.2, 0.25) is 0 Å². The van der Waals surface area contributed by atoms with Crippen LogP contribution in [0.2, 0.25) is 0 Å². The molecule has 0 aliphatic carbocycles. The zero-order valence-electron chi connectivity index (χ0n) is 10.1. The fraction of sp³-hybridized carbons (Fsp3) is 0.0769. The van der Waals surface area contributed by atoms with Crippen molar-refractivity contribution in [3.63, 3.8) is 0 Å². The van der Waals surface area contributed by atoms with Crippen LogP contribution in [0.3, 0.4) is 0 Å². The number of pyridine rings is 1. The van der Waals surface area contributed by atoms with Crippen molar-refractivity contribution in [1.82, 2.24) is 14.5 Å². The minimum Gasteiger partial charge on any atom is -0.494 e. The lowest BCUT2D eigenvalue weighted by Gasteiger charge is -2.10. The van der Waals surface area contributed by atoms with E-state index >= 15 is 0 Å². The molecule has 0 bridgehead atoms. The Labute approximate surface area is 113 Å². The first-order valence-electron chi connectivity index (χ1n) is 5.59. The number of benzene rings is 1. The highest BCUT2D eigenvalue weighted by atomic mass is 32.1. The first-order chi connectivity index (χ1) is 9.20. The summed E-state index contributed by atoms with van der Waals surface area (Å²) in [4.78, 5) is 7.09. The highest BCUT2D eigenvalue weighted by Gasteiger charge is 2.11. The standard InChI is InChI=1S/C13H10FN3OS/c1-18-12-6-8(14)2-3-11(12)17-10-4-5-15-7-9(10)16-13(17)19/h2-7H,1H3,(H,16,19). The average molecular weight is 275 g/mol. The number of ether oxygens (including phenoxy) is 1. The predicted molar refractivity (Wildman–Crippen MR) is 72.8 cm³/mol. The first-order valence-corrected chi connectivity index (χ1v) is 6.00. The summed E-state index contributed by atoms with van der Waals surface area (Å²) in [5.74, 6) is 0.0717. The number of aromatic nitrogens is 3. The zero-order valence-corrected chi connectivity index (χ0v) is 10.9. The molecule has 3 aromatic rings. The van der Waals surface area contributed by atoms with Gasteiger partial charge in [0, 0.05) is 12.3 Å². The van der Waals surface area contributed by atoms with E-state index in [1.165, 1.54) is 19.2 Å². The number of nitrogens with zero attached hydrogens (tertiary/aromatic N) is 2. The number of aromatic amines is 1. The van der Waals surface area contributed by atoms with Gasteiger partial charge < -0.3 is 9.72 Å². The molecule has 19 heavy (non-hydrogen) atoms. The Bertz CT molecular complexity index is 809. The van der Waals surface area contributed by atoms with E-state index in [1.807, 2.05) is 6.07 Å². The quantitative estimate of drug-likeness (QED) is 0.730. The van der Waals surface area contributed by atoms with Gasteiger partial charge in [-0.2, -0.15) is 0 Å². The van der Waals surface area contributed by atoms with E-state index in [1.54, 1.807) is 23.0 Å². The average Bonchev–Trinajstić information content (AvgIpc) is 2.74. The summed E-state index contributed by atoms with van der Waals surface area (Å²) in [5, 5.41) is 0. The number of imidazole rings is 1. The summed E-state index contributed by atoms with van der Waals surface area (Å²) in [6.45, 7) is 0. The number of nitrogens with one attached hydrogen (secondary N) is 1. The highest BCUT2D eigenvalue weighted by molar-refractivity contribution is 7.71. The van der Waals surface area contributed by atoms with Crippen molar-refractivity contribution in [1.29, 1.82) is 0 Å². The number of hydrogen-bond acceptors (Lipinski definition) is 3. The van der Waals surface area contributed by atoms with Gasteiger partial charge in [0.1, 0.15) is 11.6 Å². The molecule has 4 nitrogen and oxygen atoms in total. The molecule has 0 aliphatic heterocycles. The molecule has 0 spiro atoms. The van der Waals surface area contributed by atoms with E-state index in [9.17, 15) is 4.39 Å². The lowest BCUT2D eigenvalue weighted by atomic mass is 10.2. The van der Waals surface area contributed by atoms with Crippen LogP contribution in [-0.4, -0.2) is 21.6 Å². The molecule has 0 radical (unpaired) electrons. The number of fused-ring (bicyclic) bond motifs is 1. The van der Waals surface area contributed by atoms with Gasteiger partial charge in [-0.15, -0.1) is 0 Å². The topological polar surface area (TPSA) is 42.8 Å². The molecular weight excluding hydrogens is 265 g/mol. The maximum Gasteiger partial charge on any atom is 0.182 e. The number of methoxy groups -OCH3 is 1. The molecule has 0 fully saturated rings. The molecule has 0 aliphatic rings. The summed E-state index contributed by atoms with van der Waals surface area (Å²) in [7, 11) is 1.50. The van der Waals surface area contributed by atoms with Crippen molar-refractivity contribution in [2.24, 2.45) is 0 Å². The van der Waals surface area contributed by atoms with Gasteiger partial charge in [0.15, 0.2) is 4.77 Å². The summed E-state index contributed by atoms with van der Waals surface area (Å²) >= 11 is 5.31. The summed E-state index contributed by atoms with van der Waals surface area (Å²) in [5.41, 5.74) is 2.37. The lowest BCUT2D eigenvalue weighted by Crippen LogP contribution is -1.98. The van der Waals surface area contributed by atoms with E-state index in [0.717, 1.165) is 11.0 Å². The molecule has 0 saturated carbocycles. The second-order valence-corrected chi connectivity index (χ2v) is 4.36. The largest absolute Gasteiger partial charge is 0.494 e. The van der Waals surface area contributed by atoms with Crippen LogP contribution >= 0.6 is 12.2 Å². The zero-order chi connectivity index (χ0) is 13.4. The van der Waals surface area contributed by atoms with Crippen LogP contribution in [0.4, 0.5) is 4.39 Å². The molecule has 0 amide bonds. The molecule has 2 aromatic heterocycles. The third-order valence-electron chi connectivity index (χ3n) is 2.87. The van der Waals surface area contributed by atoms with Crippen LogP contribution in [-0.2, 0) is 0 Å². The van der Waals surface area contributed by atoms with Crippen LogP contribution in [0.1, 0.15) is 0 Å². The number of hydrogen-bond donors (Lipinski definition) is 1. The van der Waals surface area contributed by atoms with Crippen molar-refractivity contribution in [2.45, 2.75) is 0 Å². The second-order valence-electron chi connectivity index (χ2n) is 3.97. The first kappa shape index (κ1) is 11.9. The Balaban J connectivity index is 2.36. The molecule has 6 heteroatoms. The summed E-state index contributed by atoms with van der Waals surface area (Å²) in [6.07, 6.45) is 3.37. The maximum atomic E-state index is 13.3. The molecule has 1 N–H and O–H groups in total. The highest BCUT2D eigenvalue weighted by Crippen LogP contribution is 2.27. The molecular formula is C13H10FN3OS. The van der Waals surface area contributed by atoms with E-state index in [2.05, 4.69) is 9.97 Å². The number of H-pyrrole nitrogens is 1. The fourth-order valence-corrected chi connectivity index (χ4v) is 2.34. The van der Waals surface area contributed by atoms with Crippen molar-refractivity contribution in [3.8, 4) is 11.4 Å². The van der Waals surface area contributed by atoms with Crippen molar-refractivity contribution in [3.05, 3.63) is 47.2 Å². The van der Waals surface area contributed by atoms with Crippen LogP contribution in [0.15, 0.2) is 36.7 Å². The SMILES string of the molecule is COc1cc(F)ccc1-n1c(=S)[nH]c2cnccc21. The molecule has 0 atom stereocenters. The Morgan fingerprint density at radius 1 is 1.37 bits per heavy atom. The van der Waals surface area contributed by atoms with Gasteiger partial charge in [-0.25, -0.2) is 4.39 Å². The van der Waals surface area contributed by atoms with Crippen molar-refractivity contribution >= 4 is 23.3 Å². The maximum absolute atomic E-state index is 13.3. The Morgan fingerprint density at radius 3 is 3.00 bits per heavy atom. The minimum absolute atomic E-state index is 0.353. The third kappa shape index (κ3) is 1.90. The van der Waals surface area contributed by atoms with Crippen molar-refractivity contribution in [2.75, 3.05) is 7.11 Å². The van der Waals surface area contributed by atoms with E-state index in [-0.39, 0.29) is 5.82 Å². The van der Waals surface area contributed by atoms with Crippen LogP contribution in [0.25, 0.3) is 16.7 Å². The molecule has 1 aromatic carbocycles. The fourth-order valence-electron chi connectivity index (χ4n) is 2.03. The summed E-state index contributed by atoms with van der Waals surface area (Å²) < 4.78 is 20.8. The van der Waals surface area contributed by atoms with Gasteiger partial charge in [0.05, 0.1) is 30.0 Å². The van der Waals surface area contributed by atoms with Crippen LogP contribution < -0.4 is 4.74 Å². The third-order valence-corrected chi connectivity index (χ3v) is 3.15. The van der Waals surface area contributed by atoms with Crippen molar-refractivity contribution < 1.29 is 9.13 Å². The summed E-state index contributed by atoms with van der Waals surface area (Å²) in [6, 6.07) is 6.18. The van der Waals surface area contributed by atoms with E-state index in [0.29, 0.717) is 16.2 Å². The van der Waals surface area contributed by atoms with E-state index < -0.39 is 0 Å². The lowest BCUT2D eigenvalue weighted by molar-refractivity contribution is 0.409. The number of halogens is 1. The molecule has 3 rings (SSSR count). The van der Waals surface area contributed by atoms with Gasteiger partial charge in [-0.05, 0) is 30.4 Å². The normalized spacial score (nSPS) is 10.8. The van der Waals surface area contributed by atoms with Gasteiger partial charge >= 0.3 is 0 Å². The smallest absolute Gasteiger partial charge is 0.182 e. The molecule has 0 unspecified atom stereocenters. The molecule has 2 heterocycles. The predicted octanol–water partition coefficient (Wildman–Crippen LogP) is 3.23. The van der Waals surface area contributed by atoms with Gasteiger partial charge in [0.25, 0.3) is 0 Å². The molecule has 96 valence electrons. The van der Waals surface area contributed by atoms with E-state index in [4.69, 9.17) is 17.0 Å². The van der Waals surface area contributed by atoms with Gasteiger partial charge in [-0.1, -0.05) is 0 Å². The van der Waals surface area contributed by atoms with Gasteiger partial charge in [-0.3, -0.25) is 9.55 Å². The monoisotopic (exact) mass is 275 g/mol. The van der Waals surface area contributed by atoms with Crippen LogP contribution in [0.5, 0.6) is 5.75 Å². The Kier molecular flexibility index (Phi) is 2.79. The van der Waals surface area contributed by atoms with Crippen LogP contribution in [0, 0.1) is 10.6 Å². The second kappa shape index (κ2) is 4.47.